The van der Waals surface area contributed by atoms with Crippen LogP contribution in [0, 0.1) is 13.8 Å². The van der Waals surface area contributed by atoms with Gasteiger partial charge in [-0.15, -0.1) is 0 Å². The van der Waals surface area contributed by atoms with E-state index < -0.39 is 5.97 Å². The molecule has 6 nitrogen and oxygen atoms in total. The van der Waals surface area contributed by atoms with Crippen molar-refractivity contribution >= 4 is 18.0 Å². The van der Waals surface area contributed by atoms with Crippen LogP contribution in [0.5, 0.6) is 0 Å². The van der Waals surface area contributed by atoms with E-state index in [-0.39, 0.29) is 12.5 Å². The first-order valence-corrected chi connectivity index (χ1v) is 6.07. The van der Waals surface area contributed by atoms with Gasteiger partial charge in [0.2, 0.25) is 5.91 Å². The van der Waals surface area contributed by atoms with Gasteiger partial charge in [0.1, 0.15) is 6.54 Å². The van der Waals surface area contributed by atoms with Crippen molar-refractivity contribution < 1.29 is 14.3 Å². The summed E-state index contributed by atoms with van der Waals surface area (Å²) in [6.45, 7) is 5.70. The molecule has 0 fully saturated rings. The first-order valence-electron chi connectivity index (χ1n) is 6.07. The van der Waals surface area contributed by atoms with Gasteiger partial charge in [-0.05, 0) is 26.8 Å². The fraction of sp³-hybridized carbons (Fsp3) is 0.462. The molecule has 0 aliphatic carbocycles. The third-order valence-corrected chi connectivity index (χ3v) is 2.68. The van der Waals surface area contributed by atoms with Crippen LogP contribution in [0.15, 0.2) is 6.08 Å². The van der Waals surface area contributed by atoms with Crippen molar-refractivity contribution in [3.8, 4) is 0 Å². The largest absolute Gasteiger partial charge is 0.465 e. The molecule has 19 heavy (non-hydrogen) atoms. The van der Waals surface area contributed by atoms with Gasteiger partial charge in [0, 0.05) is 24.4 Å². The zero-order chi connectivity index (χ0) is 14.4. The van der Waals surface area contributed by atoms with E-state index >= 15 is 0 Å². The SMILES string of the molecule is CCOC(=O)CNC(=O)/C=C/c1c(C)nn(C)c1C. The van der Waals surface area contributed by atoms with E-state index in [9.17, 15) is 9.59 Å². The Hall–Kier alpha value is -2.11. The number of nitrogens with zero attached hydrogens (tertiary/aromatic N) is 2. The van der Waals surface area contributed by atoms with E-state index in [2.05, 4.69) is 10.4 Å². The molecule has 1 amide bonds. The van der Waals surface area contributed by atoms with Gasteiger partial charge in [0.15, 0.2) is 0 Å². The Kier molecular flexibility index (Phi) is 5.29. The minimum Gasteiger partial charge on any atom is -0.465 e. The summed E-state index contributed by atoms with van der Waals surface area (Å²) in [6.07, 6.45) is 3.08. The lowest BCUT2D eigenvalue weighted by Gasteiger charge is -2.01. The number of ether oxygens (including phenoxy) is 1. The summed E-state index contributed by atoms with van der Waals surface area (Å²) in [6, 6.07) is 0. The van der Waals surface area contributed by atoms with E-state index in [0.29, 0.717) is 6.61 Å². The average molecular weight is 265 g/mol. The van der Waals surface area contributed by atoms with Crippen molar-refractivity contribution in [2.75, 3.05) is 13.2 Å². The highest BCUT2D eigenvalue weighted by Crippen LogP contribution is 2.13. The Labute approximate surface area is 112 Å². The third kappa shape index (κ3) is 4.24. The maximum absolute atomic E-state index is 11.5. The van der Waals surface area contributed by atoms with Crippen LogP contribution in [0.2, 0.25) is 0 Å². The maximum Gasteiger partial charge on any atom is 0.325 e. The van der Waals surface area contributed by atoms with Crippen LogP contribution >= 0.6 is 0 Å². The van der Waals surface area contributed by atoms with E-state index in [1.54, 1.807) is 17.7 Å². The molecule has 1 aromatic heterocycles. The fourth-order valence-corrected chi connectivity index (χ4v) is 1.62. The van der Waals surface area contributed by atoms with Crippen LogP contribution in [-0.2, 0) is 21.4 Å². The molecular weight excluding hydrogens is 246 g/mol. The van der Waals surface area contributed by atoms with Crippen LogP contribution in [0.3, 0.4) is 0 Å². The number of rotatable bonds is 5. The molecule has 0 aromatic carbocycles. The highest BCUT2D eigenvalue weighted by Gasteiger charge is 2.07. The summed E-state index contributed by atoms with van der Waals surface area (Å²) >= 11 is 0. The standard InChI is InChI=1S/C13H19N3O3/c1-5-19-13(18)8-14-12(17)7-6-11-9(2)15-16(4)10(11)3/h6-7H,5,8H2,1-4H3,(H,14,17)/b7-6+. The minimum atomic E-state index is -0.446. The number of nitrogens with one attached hydrogen (secondary N) is 1. The van der Waals surface area contributed by atoms with Crippen LogP contribution in [0.25, 0.3) is 6.08 Å². The molecule has 0 saturated heterocycles. The monoisotopic (exact) mass is 265 g/mol. The number of esters is 1. The second-order valence-electron chi connectivity index (χ2n) is 4.06. The van der Waals surface area contributed by atoms with Crippen LogP contribution < -0.4 is 5.32 Å². The molecule has 6 heteroatoms. The summed E-state index contributed by atoms with van der Waals surface area (Å²) in [5.41, 5.74) is 2.75. The van der Waals surface area contributed by atoms with Crippen LogP contribution in [-0.4, -0.2) is 34.8 Å². The lowest BCUT2D eigenvalue weighted by Crippen LogP contribution is -2.29. The van der Waals surface area contributed by atoms with Crippen LogP contribution in [0.4, 0.5) is 0 Å². The Morgan fingerprint density at radius 1 is 1.42 bits per heavy atom. The number of amides is 1. The molecule has 0 aliphatic rings. The van der Waals surface area contributed by atoms with Crippen molar-refractivity contribution in [3.63, 3.8) is 0 Å². The molecule has 1 N–H and O–H groups in total. The second kappa shape index (κ2) is 6.72. The number of hydrogen-bond acceptors (Lipinski definition) is 4. The van der Waals surface area contributed by atoms with Gasteiger partial charge in [0.25, 0.3) is 0 Å². The van der Waals surface area contributed by atoms with E-state index in [4.69, 9.17) is 4.74 Å². The molecule has 1 heterocycles. The lowest BCUT2D eigenvalue weighted by molar-refractivity contribution is -0.143. The molecule has 0 unspecified atom stereocenters. The zero-order valence-electron chi connectivity index (χ0n) is 11.7. The fourth-order valence-electron chi connectivity index (χ4n) is 1.62. The molecule has 1 aromatic rings. The number of carbonyl (C=O) groups excluding carboxylic acids is 2. The van der Waals surface area contributed by atoms with Crippen molar-refractivity contribution in [1.82, 2.24) is 15.1 Å². The summed E-state index contributed by atoms with van der Waals surface area (Å²) in [4.78, 5) is 22.6. The van der Waals surface area contributed by atoms with Gasteiger partial charge < -0.3 is 10.1 Å². The first kappa shape index (κ1) is 14.9. The summed E-state index contributed by atoms with van der Waals surface area (Å²) in [5, 5.41) is 6.70. The normalized spacial score (nSPS) is 10.7. The quantitative estimate of drug-likeness (QED) is 0.629. The highest BCUT2D eigenvalue weighted by molar-refractivity contribution is 5.93. The van der Waals surface area contributed by atoms with Gasteiger partial charge in [-0.3, -0.25) is 14.3 Å². The molecule has 0 spiro atoms. The van der Waals surface area contributed by atoms with Gasteiger partial charge in [-0.1, -0.05) is 0 Å². The molecule has 104 valence electrons. The molecule has 0 bridgehead atoms. The number of aromatic nitrogens is 2. The Morgan fingerprint density at radius 2 is 2.11 bits per heavy atom. The summed E-state index contributed by atoms with van der Waals surface area (Å²) in [5.74, 6) is -0.784. The van der Waals surface area contributed by atoms with E-state index in [1.165, 1.54) is 6.08 Å². The smallest absolute Gasteiger partial charge is 0.325 e. The predicted molar refractivity (Wildman–Crippen MR) is 71.4 cm³/mol. The van der Waals surface area contributed by atoms with E-state index in [0.717, 1.165) is 17.0 Å². The van der Waals surface area contributed by atoms with Crippen molar-refractivity contribution in [1.29, 1.82) is 0 Å². The number of hydrogen-bond donors (Lipinski definition) is 1. The van der Waals surface area contributed by atoms with E-state index in [1.807, 2.05) is 20.9 Å². The average Bonchev–Trinajstić information content (AvgIpc) is 2.59. The third-order valence-electron chi connectivity index (χ3n) is 2.68. The van der Waals surface area contributed by atoms with Crippen molar-refractivity contribution in [3.05, 3.63) is 23.0 Å². The topological polar surface area (TPSA) is 73.2 Å². The van der Waals surface area contributed by atoms with Gasteiger partial charge in [-0.2, -0.15) is 5.10 Å². The van der Waals surface area contributed by atoms with Crippen molar-refractivity contribution in [2.24, 2.45) is 7.05 Å². The Bertz CT molecular complexity index is 503. The minimum absolute atomic E-state index is 0.123. The first-order chi connectivity index (χ1) is 8.95. The zero-order valence-corrected chi connectivity index (χ0v) is 11.7. The van der Waals surface area contributed by atoms with Gasteiger partial charge in [-0.25, -0.2) is 0 Å². The molecule has 0 aliphatic heterocycles. The van der Waals surface area contributed by atoms with Crippen molar-refractivity contribution in [2.45, 2.75) is 20.8 Å². The van der Waals surface area contributed by atoms with Gasteiger partial charge >= 0.3 is 5.97 Å². The lowest BCUT2D eigenvalue weighted by atomic mass is 10.2. The molecular formula is C13H19N3O3. The number of aryl methyl sites for hydroxylation is 2. The van der Waals surface area contributed by atoms with Crippen LogP contribution in [0.1, 0.15) is 23.9 Å². The molecule has 0 saturated carbocycles. The Balaban J connectivity index is 2.57. The molecule has 1 rings (SSSR count). The second-order valence-corrected chi connectivity index (χ2v) is 4.06. The molecule has 0 radical (unpaired) electrons. The highest BCUT2D eigenvalue weighted by atomic mass is 16.5. The predicted octanol–water partition coefficient (Wildman–Crippen LogP) is 0.729. The summed E-state index contributed by atoms with van der Waals surface area (Å²) in [7, 11) is 1.85. The Morgan fingerprint density at radius 3 is 2.63 bits per heavy atom. The van der Waals surface area contributed by atoms with Gasteiger partial charge in [0.05, 0.1) is 12.3 Å². The number of carbonyl (C=O) groups is 2. The maximum atomic E-state index is 11.5. The molecule has 0 atom stereocenters. The summed E-state index contributed by atoms with van der Waals surface area (Å²) < 4.78 is 6.46.